The summed E-state index contributed by atoms with van der Waals surface area (Å²) in [6.07, 6.45) is -0.540. The molecule has 2 aromatic carbocycles. The van der Waals surface area contributed by atoms with E-state index in [0.717, 1.165) is 10.2 Å². The van der Waals surface area contributed by atoms with Crippen molar-refractivity contribution in [1.29, 1.82) is 0 Å². The van der Waals surface area contributed by atoms with E-state index >= 15 is 0 Å². The van der Waals surface area contributed by atoms with Gasteiger partial charge in [0.2, 0.25) is 0 Å². The molecule has 0 aliphatic rings. The largest absolute Gasteiger partial charge is 0.481 e. The average molecular weight is 334 g/mol. The van der Waals surface area contributed by atoms with Gasteiger partial charge >= 0.3 is 0 Å². The number of anilines is 1. The molecule has 1 atom stereocenters. The number of carbonyl (C=O) groups is 1. The molecule has 0 bridgehead atoms. The molecule has 20 heavy (non-hydrogen) atoms. The number of amides is 1. The molecule has 0 saturated carbocycles. The van der Waals surface area contributed by atoms with Crippen LogP contribution in [0.1, 0.15) is 6.92 Å². The lowest BCUT2D eigenvalue weighted by molar-refractivity contribution is -0.124. The maximum Gasteiger partial charge on any atom is 0.267 e. The molecule has 0 N–H and O–H groups in total. The van der Waals surface area contributed by atoms with E-state index in [9.17, 15) is 4.79 Å². The van der Waals surface area contributed by atoms with Gasteiger partial charge in [0, 0.05) is 17.2 Å². The van der Waals surface area contributed by atoms with Crippen molar-refractivity contribution in [3.05, 3.63) is 59.1 Å². The number of hydrogen-bond acceptors (Lipinski definition) is 2. The molecule has 3 nitrogen and oxygen atoms in total. The van der Waals surface area contributed by atoms with Crippen LogP contribution in [0.15, 0.2) is 59.1 Å². The first-order valence-corrected chi connectivity index (χ1v) is 7.12. The average Bonchev–Trinajstić information content (AvgIpc) is 2.49. The smallest absolute Gasteiger partial charge is 0.267 e. The predicted octanol–water partition coefficient (Wildman–Crippen LogP) is 3.88. The second kappa shape index (κ2) is 6.57. The number of likely N-dealkylation sites (N-methyl/N-ethyl adjacent to an activating group) is 1. The fourth-order valence-electron chi connectivity index (χ4n) is 1.82. The molecule has 0 spiro atoms. The van der Waals surface area contributed by atoms with Gasteiger partial charge in [0.15, 0.2) is 6.10 Å². The maximum atomic E-state index is 12.3. The van der Waals surface area contributed by atoms with Crippen molar-refractivity contribution < 1.29 is 9.53 Å². The highest BCUT2D eigenvalue weighted by Gasteiger charge is 2.20. The molecular weight excluding hydrogens is 318 g/mol. The van der Waals surface area contributed by atoms with Crippen LogP contribution in [0, 0.1) is 0 Å². The van der Waals surface area contributed by atoms with Crippen LogP contribution in [0.5, 0.6) is 5.75 Å². The van der Waals surface area contributed by atoms with Crippen molar-refractivity contribution in [3.63, 3.8) is 0 Å². The first-order chi connectivity index (χ1) is 9.58. The Morgan fingerprint density at radius 2 is 1.70 bits per heavy atom. The predicted molar refractivity (Wildman–Crippen MR) is 84.1 cm³/mol. The van der Waals surface area contributed by atoms with Crippen molar-refractivity contribution in [2.45, 2.75) is 13.0 Å². The molecule has 1 unspecified atom stereocenters. The monoisotopic (exact) mass is 333 g/mol. The quantitative estimate of drug-likeness (QED) is 0.849. The van der Waals surface area contributed by atoms with Gasteiger partial charge in [0.1, 0.15) is 5.75 Å². The Bertz CT molecular complexity index is 569. The molecule has 104 valence electrons. The SMILES string of the molecule is CC(Oc1ccc(Br)cc1)C(=O)N(C)c1ccccc1. The molecule has 0 aliphatic heterocycles. The van der Waals surface area contributed by atoms with E-state index in [-0.39, 0.29) is 5.91 Å². The van der Waals surface area contributed by atoms with Crippen LogP contribution in [0.4, 0.5) is 5.69 Å². The maximum absolute atomic E-state index is 12.3. The summed E-state index contributed by atoms with van der Waals surface area (Å²) in [6, 6.07) is 16.9. The Morgan fingerprint density at radius 3 is 2.30 bits per heavy atom. The molecule has 1 amide bonds. The topological polar surface area (TPSA) is 29.5 Å². The molecule has 4 heteroatoms. The third-order valence-corrected chi connectivity index (χ3v) is 3.48. The molecular formula is C16H16BrNO2. The lowest BCUT2D eigenvalue weighted by Gasteiger charge is -2.22. The van der Waals surface area contributed by atoms with E-state index in [1.54, 1.807) is 18.9 Å². The van der Waals surface area contributed by atoms with Gasteiger partial charge < -0.3 is 9.64 Å². The third-order valence-electron chi connectivity index (χ3n) is 2.95. The summed E-state index contributed by atoms with van der Waals surface area (Å²) in [5.74, 6) is 0.592. The van der Waals surface area contributed by atoms with Gasteiger partial charge in [0.05, 0.1) is 0 Å². The van der Waals surface area contributed by atoms with Crippen LogP contribution in [0.2, 0.25) is 0 Å². The van der Waals surface area contributed by atoms with E-state index in [1.807, 2.05) is 54.6 Å². The fourth-order valence-corrected chi connectivity index (χ4v) is 2.08. The second-order valence-electron chi connectivity index (χ2n) is 4.45. The lowest BCUT2D eigenvalue weighted by Crippen LogP contribution is -2.37. The van der Waals surface area contributed by atoms with Gasteiger partial charge in [-0.05, 0) is 43.3 Å². The lowest BCUT2D eigenvalue weighted by atomic mass is 10.2. The van der Waals surface area contributed by atoms with Gasteiger partial charge in [-0.3, -0.25) is 4.79 Å². The van der Waals surface area contributed by atoms with Gasteiger partial charge in [-0.2, -0.15) is 0 Å². The molecule has 0 aliphatic carbocycles. The summed E-state index contributed by atoms with van der Waals surface area (Å²) in [7, 11) is 1.75. The summed E-state index contributed by atoms with van der Waals surface area (Å²) in [5.41, 5.74) is 0.851. The van der Waals surface area contributed by atoms with Gasteiger partial charge in [-0.1, -0.05) is 34.1 Å². The Morgan fingerprint density at radius 1 is 1.10 bits per heavy atom. The van der Waals surface area contributed by atoms with E-state index in [2.05, 4.69) is 15.9 Å². The summed E-state index contributed by atoms with van der Waals surface area (Å²) in [4.78, 5) is 13.9. The van der Waals surface area contributed by atoms with Crippen LogP contribution in [0.3, 0.4) is 0 Å². The molecule has 2 rings (SSSR count). The number of carbonyl (C=O) groups excluding carboxylic acids is 1. The van der Waals surface area contributed by atoms with Crippen molar-refractivity contribution in [1.82, 2.24) is 0 Å². The molecule has 0 saturated heterocycles. The molecule has 0 aromatic heterocycles. The zero-order valence-electron chi connectivity index (χ0n) is 11.4. The Balaban J connectivity index is 2.03. The zero-order chi connectivity index (χ0) is 14.5. The molecule has 0 radical (unpaired) electrons. The number of nitrogens with zero attached hydrogens (tertiary/aromatic N) is 1. The number of halogens is 1. The number of para-hydroxylation sites is 1. The third kappa shape index (κ3) is 3.61. The van der Waals surface area contributed by atoms with Crippen LogP contribution in [0.25, 0.3) is 0 Å². The van der Waals surface area contributed by atoms with Crippen LogP contribution in [-0.4, -0.2) is 19.1 Å². The van der Waals surface area contributed by atoms with Crippen LogP contribution in [-0.2, 0) is 4.79 Å². The first kappa shape index (κ1) is 14.6. The van der Waals surface area contributed by atoms with Gasteiger partial charge in [-0.25, -0.2) is 0 Å². The number of hydrogen-bond donors (Lipinski definition) is 0. The van der Waals surface area contributed by atoms with E-state index in [4.69, 9.17) is 4.74 Å². The second-order valence-corrected chi connectivity index (χ2v) is 5.36. The number of ether oxygens (including phenoxy) is 1. The minimum absolute atomic E-state index is 0.0841. The molecule has 0 heterocycles. The highest BCUT2D eigenvalue weighted by Crippen LogP contribution is 2.19. The van der Waals surface area contributed by atoms with E-state index in [0.29, 0.717) is 5.75 Å². The van der Waals surface area contributed by atoms with E-state index < -0.39 is 6.10 Å². The van der Waals surface area contributed by atoms with Crippen molar-refractivity contribution in [2.24, 2.45) is 0 Å². The first-order valence-electron chi connectivity index (χ1n) is 6.33. The van der Waals surface area contributed by atoms with Crippen molar-refractivity contribution in [3.8, 4) is 5.75 Å². The summed E-state index contributed by atoms with van der Waals surface area (Å²) >= 11 is 3.36. The standard InChI is InChI=1S/C16H16BrNO2/c1-12(20-15-10-8-13(17)9-11-15)16(19)18(2)14-6-4-3-5-7-14/h3-12H,1-2H3. The van der Waals surface area contributed by atoms with Gasteiger partial charge in [0.25, 0.3) is 5.91 Å². The summed E-state index contributed by atoms with van der Waals surface area (Å²) in [6.45, 7) is 1.75. The van der Waals surface area contributed by atoms with Crippen LogP contribution >= 0.6 is 15.9 Å². The van der Waals surface area contributed by atoms with Gasteiger partial charge in [-0.15, -0.1) is 0 Å². The minimum atomic E-state index is -0.540. The highest BCUT2D eigenvalue weighted by atomic mass is 79.9. The number of benzene rings is 2. The van der Waals surface area contributed by atoms with E-state index in [1.165, 1.54) is 0 Å². The Kier molecular flexibility index (Phi) is 4.79. The van der Waals surface area contributed by atoms with Crippen molar-refractivity contribution >= 4 is 27.5 Å². The van der Waals surface area contributed by atoms with Crippen molar-refractivity contribution in [2.75, 3.05) is 11.9 Å². The summed E-state index contributed by atoms with van der Waals surface area (Å²) in [5, 5.41) is 0. The summed E-state index contributed by atoms with van der Waals surface area (Å²) < 4.78 is 6.64. The fraction of sp³-hybridized carbons (Fsp3) is 0.188. The Hall–Kier alpha value is -1.81. The molecule has 2 aromatic rings. The Labute approximate surface area is 127 Å². The number of rotatable bonds is 4. The normalized spacial score (nSPS) is 11.8. The highest BCUT2D eigenvalue weighted by molar-refractivity contribution is 9.10. The van der Waals surface area contributed by atoms with Crippen LogP contribution < -0.4 is 9.64 Å². The molecule has 0 fully saturated rings. The minimum Gasteiger partial charge on any atom is -0.481 e. The zero-order valence-corrected chi connectivity index (χ0v) is 13.0.